The van der Waals surface area contributed by atoms with E-state index in [-0.39, 0.29) is 11.5 Å². The van der Waals surface area contributed by atoms with Crippen LogP contribution in [0.3, 0.4) is 0 Å². The second-order valence-electron chi connectivity index (χ2n) is 6.01. The molecule has 0 saturated carbocycles. The number of benzene rings is 2. The lowest BCUT2D eigenvalue weighted by atomic mass is 10.2. The van der Waals surface area contributed by atoms with E-state index in [0.29, 0.717) is 17.0 Å². The summed E-state index contributed by atoms with van der Waals surface area (Å²) in [5.74, 6) is -0.489. The predicted molar refractivity (Wildman–Crippen MR) is 97.3 cm³/mol. The molecule has 140 valence electrons. The Bertz CT molecular complexity index is 927. The molecule has 0 saturated heterocycles. The van der Waals surface area contributed by atoms with E-state index in [2.05, 4.69) is 5.32 Å². The highest BCUT2D eigenvalue weighted by molar-refractivity contribution is 7.89. The molecule has 0 aliphatic rings. The van der Waals surface area contributed by atoms with Crippen molar-refractivity contribution in [2.75, 3.05) is 26.0 Å². The third kappa shape index (κ3) is 4.59. The first-order chi connectivity index (χ1) is 12.1. The maximum absolute atomic E-state index is 13.3. The van der Waals surface area contributed by atoms with E-state index in [1.54, 1.807) is 19.9 Å². The average molecular weight is 380 g/mol. The van der Waals surface area contributed by atoms with Gasteiger partial charge in [-0.15, -0.1) is 0 Å². The summed E-state index contributed by atoms with van der Waals surface area (Å²) in [4.78, 5) is 12.2. The van der Waals surface area contributed by atoms with Crippen molar-refractivity contribution in [3.8, 4) is 5.75 Å². The minimum atomic E-state index is -3.53. The maximum Gasteiger partial charge on any atom is 0.262 e. The van der Waals surface area contributed by atoms with Crippen molar-refractivity contribution in [3.05, 3.63) is 53.3 Å². The lowest BCUT2D eigenvalue weighted by molar-refractivity contribution is -0.118. The number of aryl methyl sites for hydroxylation is 2. The number of carbonyl (C=O) groups excluding carboxylic acids is 1. The third-order valence-electron chi connectivity index (χ3n) is 3.76. The Morgan fingerprint density at radius 1 is 1.12 bits per heavy atom. The summed E-state index contributed by atoms with van der Waals surface area (Å²) in [7, 11) is -0.630. The summed E-state index contributed by atoms with van der Waals surface area (Å²) >= 11 is 0. The van der Waals surface area contributed by atoms with Crippen molar-refractivity contribution in [2.24, 2.45) is 0 Å². The Balaban J connectivity index is 2.05. The molecule has 6 nitrogen and oxygen atoms in total. The molecule has 0 unspecified atom stereocenters. The van der Waals surface area contributed by atoms with Crippen LogP contribution in [-0.2, 0) is 14.8 Å². The molecule has 0 heterocycles. The molecule has 0 bridgehead atoms. The molecule has 0 spiro atoms. The molecule has 1 amide bonds. The molecule has 0 atom stereocenters. The number of halogens is 1. The number of rotatable bonds is 6. The van der Waals surface area contributed by atoms with Gasteiger partial charge in [0.25, 0.3) is 5.91 Å². The number of amides is 1. The van der Waals surface area contributed by atoms with Crippen LogP contribution in [-0.4, -0.2) is 39.3 Å². The van der Waals surface area contributed by atoms with E-state index in [1.807, 2.05) is 0 Å². The molecule has 0 aromatic heterocycles. The number of hydrogen-bond donors (Lipinski definition) is 1. The molecular weight excluding hydrogens is 359 g/mol. The highest BCUT2D eigenvalue weighted by Crippen LogP contribution is 2.23. The van der Waals surface area contributed by atoms with Gasteiger partial charge in [0.15, 0.2) is 6.61 Å². The van der Waals surface area contributed by atoms with Crippen LogP contribution < -0.4 is 10.1 Å². The fourth-order valence-electron chi connectivity index (χ4n) is 2.21. The highest BCUT2D eigenvalue weighted by Gasteiger charge is 2.18. The number of nitrogens with one attached hydrogen (secondary N) is 1. The van der Waals surface area contributed by atoms with E-state index in [0.717, 1.165) is 9.87 Å². The largest absolute Gasteiger partial charge is 0.483 e. The van der Waals surface area contributed by atoms with Crippen LogP contribution in [0.2, 0.25) is 0 Å². The van der Waals surface area contributed by atoms with Gasteiger partial charge in [-0.3, -0.25) is 4.79 Å². The maximum atomic E-state index is 13.3. The lowest BCUT2D eigenvalue weighted by Crippen LogP contribution is -2.22. The zero-order chi connectivity index (χ0) is 19.5. The monoisotopic (exact) mass is 380 g/mol. The van der Waals surface area contributed by atoms with Gasteiger partial charge in [-0.1, -0.05) is 6.07 Å². The Morgan fingerprint density at radius 2 is 1.81 bits per heavy atom. The summed E-state index contributed by atoms with van der Waals surface area (Å²) in [5, 5.41) is 2.58. The average Bonchev–Trinajstić information content (AvgIpc) is 2.56. The Labute approximate surface area is 152 Å². The zero-order valence-electron chi connectivity index (χ0n) is 15.0. The number of sulfonamides is 1. The topological polar surface area (TPSA) is 75.7 Å². The van der Waals surface area contributed by atoms with Crippen LogP contribution in [0.4, 0.5) is 10.1 Å². The predicted octanol–water partition coefficient (Wildman–Crippen LogP) is 2.71. The molecule has 8 heteroatoms. The number of nitrogens with zero attached hydrogens (tertiary/aromatic N) is 1. The van der Waals surface area contributed by atoms with Crippen molar-refractivity contribution < 1.29 is 22.3 Å². The van der Waals surface area contributed by atoms with Gasteiger partial charge < -0.3 is 10.1 Å². The van der Waals surface area contributed by atoms with Crippen LogP contribution >= 0.6 is 0 Å². The van der Waals surface area contributed by atoms with Crippen LogP contribution in [0.1, 0.15) is 11.1 Å². The molecule has 2 rings (SSSR count). The number of hydrogen-bond acceptors (Lipinski definition) is 4. The second-order valence-corrected chi connectivity index (χ2v) is 8.16. The van der Waals surface area contributed by atoms with Gasteiger partial charge in [-0.25, -0.2) is 17.1 Å². The smallest absolute Gasteiger partial charge is 0.262 e. The number of carbonyl (C=O) groups is 1. The van der Waals surface area contributed by atoms with Gasteiger partial charge in [0.05, 0.1) is 4.90 Å². The Hall–Kier alpha value is -2.45. The van der Waals surface area contributed by atoms with Crippen LogP contribution in [0.15, 0.2) is 41.3 Å². The van der Waals surface area contributed by atoms with E-state index < -0.39 is 21.7 Å². The quantitative estimate of drug-likeness (QED) is 0.836. The first kappa shape index (κ1) is 19.9. The summed E-state index contributed by atoms with van der Waals surface area (Å²) in [6.07, 6.45) is 0. The lowest BCUT2D eigenvalue weighted by Gasteiger charge is -2.14. The van der Waals surface area contributed by atoms with E-state index in [4.69, 9.17) is 4.74 Å². The summed E-state index contributed by atoms with van der Waals surface area (Å²) in [5.41, 5.74) is 1.69. The van der Waals surface area contributed by atoms with Crippen molar-refractivity contribution in [3.63, 3.8) is 0 Å². The first-order valence-electron chi connectivity index (χ1n) is 7.83. The molecular formula is C18H21FN2O4S. The first-order valence-corrected chi connectivity index (χ1v) is 9.27. The van der Waals surface area contributed by atoms with E-state index >= 15 is 0 Å². The number of anilines is 1. The summed E-state index contributed by atoms with van der Waals surface area (Å²) < 4.78 is 44.1. The van der Waals surface area contributed by atoms with Gasteiger partial charge in [-0.2, -0.15) is 0 Å². The molecule has 0 radical (unpaired) electrons. The molecule has 1 N–H and O–H groups in total. The van der Waals surface area contributed by atoms with E-state index in [9.17, 15) is 17.6 Å². The fraction of sp³-hybridized carbons (Fsp3) is 0.278. The summed E-state index contributed by atoms with van der Waals surface area (Å²) in [6.45, 7) is 3.17. The van der Waals surface area contributed by atoms with Gasteiger partial charge in [0.2, 0.25) is 10.0 Å². The molecule has 2 aromatic rings. The normalized spacial score (nSPS) is 11.5. The summed E-state index contributed by atoms with van der Waals surface area (Å²) in [6, 6.07) is 8.53. The SMILES string of the molecule is Cc1ccc(F)cc1NC(=O)COc1ccc(S(=O)(=O)N(C)C)cc1C. The third-order valence-corrected chi connectivity index (χ3v) is 5.57. The second kappa shape index (κ2) is 7.84. The molecule has 0 aliphatic heterocycles. The van der Waals surface area contributed by atoms with Gasteiger partial charge in [0.1, 0.15) is 11.6 Å². The van der Waals surface area contributed by atoms with Crippen LogP contribution in [0.25, 0.3) is 0 Å². The van der Waals surface area contributed by atoms with Crippen molar-refractivity contribution in [2.45, 2.75) is 18.7 Å². The molecule has 0 fully saturated rings. The van der Waals surface area contributed by atoms with Crippen molar-refractivity contribution >= 4 is 21.6 Å². The molecule has 26 heavy (non-hydrogen) atoms. The number of ether oxygens (including phenoxy) is 1. The standard InChI is InChI=1S/C18H21FN2O4S/c1-12-5-6-14(19)10-16(12)20-18(22)11-25-17-8-7-15(9-13(17)2)26(23,24)21(3)4/h5-10H,11H2,1-4H3,(H,20,22). The fourth-order valence-corrected chi connectivity index (χ4v) is 3.20. The highest BCUT2D eigenvalue weighted by atomic mass is 32.2. The molecule has 0 aliphatic carbocycles. The van der Waals surface area contributed by atoms with Crippen molar-refractivity contribution in [1.82, 2.24) is 4.31 Å². The van der Waals surface area contributed by atoms with E-state index in [1.165, 1.54) is 44.4 Å². The Kier molecular flexibility index (Phi) is 5.99. The minimum Gasteiger partial charge on any atom is -0.483 e. The van der Waals surface area contributed by atoms with Crippen LogP contribution in [0.5, 0.6) is 5.75 Å². The van der Waals surface area contributed by atoms with Crippen LogP contribution in [0, 0.1) is 19.7 Å². The zero-order valence-corrected chi connectivity index (χ0v) is 15.9. The van der Waals surface area contributed by atoms with Gasteiger partial charge in [-0.05, 0) is 55.3 Å². The minimum absolute atomic E-state index is 0.146. The molecule has 2 aromatic carbocycles. The van der Waals surface area contributed by atoms with Gasteiger partial charge >= 0.3 is 0 Å². The van der Waals surface area contributed by atoms with Crippen molar-refractivity contribution in [1.29, 1.82) is 0 Å². The van der Waals surface area contributed by atoms with Gasteiger partial charge in [0, 0.05) is 19.8 Å². The Morgan fingerprint density at radius 3 is 2.42 bits per heavy atom.